The number of hydrogen-bond acceptors (Lipinski definition) is 2. The van der Waals surface area contributed by atoms with Crippen LogP contribution in [-0.2, 0) is 4.79 Å². The molecule has 1 atom stereocenters. The van der Waals surface area contributed by atoms with Gasteiger partial charge in [-0.05, 0) is 25.5 Å². The second-order valence-electron chi connectivity index (χ2n) is 3.85. The van der Waals surface area contributed by atoms with Crippen LogP contribution in [0.5, 0.6) is 5.75 Å². The molecule has 0 radical (unpaired) electrons. The summed E-state index contributed by atoms with van der Waals surface area (Å²) < 4.78 is 5.15. The molecule has 2 rings (SSSR count). The lowest BCUT2D eigenvalue weighted by Crippen LogP contribution is -2.30. The average molecular weight is 205 g/mol. The standard InChI is InChI=1S/C12H15NO2/c1-9-6-7-12(14)13(9)10-4-3-5-11(8-10)15-2/h3-5,8-9H,6-7H2,1-2H3/t9-/m1/s1. The topological polar surface area (TPSA) is 29.5 Å². The van der Waals surface area contributed by atoms with Gasteiger partial charge in [0.05, 0.1) is 7.11 Å². The van der Waals surface area contributed by atoms with Gasteiger partial charge < -0.3 is 9.64 Å². The second kappa shape index (κ2) is 3.93. The largest absolute Gasteiger partial charge is 0.497 e. The molecule has 15 heavy (non-hydrogen) atoms. The average Bonchev–Trinajstić information content (AvgIpc) is 2.59. The Morgan fingerprint density at radius 3 is 2.87 bits per heavy atom. The van der Waals surface area contributed by atoms with E-state index in [0.29, 0.717) is 12.5 Å². The zero-order valence-electron chi connectivity index (χ0n) is 9.06. The van der Waals surface area contributed by atoms with Crippen molar-refractivity contribution in [2.45, 2.75) is 25.8 Å². The van der Waals surface area contributed by atoms with Gasteiger partial charge >= 0.3 is 0 Å². The Kier molecular flexibility index (Phi) is 2.62. The molecule has 1 saturated heterocycles. The number of carbonyl (C=O) groups is 1. The van der Waals surface area contributed by atoms with E-state index in [1.165, 1.54) is 0 Å². The van der Waals surface area contributed by atoms with Gasteiger partial charge in [0, 0.05) is 24.2 Å². The van der Waals surface area contributed by atoms with Crippen molar-refractivity contribution in [3.05, 3.63) is 24.3 Å². The summed E-state index contributed by atoms with van der Waals surface area (Å²) in [5.41, 5.74) is 0.935. The van der Waals surface area contributed by atoms with Crippen LogP contribution in [0.25, 0.3) is 0 Å². The Bertz CT molecular complexity index is 376. The van der Waals surface area contributed by atoms with Crippen molar-refractivity contribution in [2.75, 3.05) is 12.0 Å². The molecule has 0 saturated carbocycles. The van der Waals surface area contributed by atoms with E-state index in [2.05, 4.69) is 6.92 Å². The van der Waals surface area contributed by atoms with Crippen LogP contribution < -0.4 is 9.64 Å². The van der Waals surface area contributed by atoms with Crippen LogP contribution >= 0.6 is 0 Å². The Hall–Kier alpha value is -1.51. The van der Waals surface area contributed by atoms with Crippen molar-refractivity contribution in [2.24, 2.45) is 0 Å². The van der Waals surface area contributed by atoms with E-state index in [4.69, 9.17) is 4.74 Å². The molecule has 80 valence electrons. The molecule has 0 spiro atoms. The highest BCUT2D eigenvalue weighted by Crippen LogP contribution is 2.28. The lowest BCUT2D eigenvalue weighted by Gasteiger charge is -2.22. The first-order chi connectivity index (χ1) is 7.22. The summed E-state index contributed by atoms with van der Waals surface area (Å²) in [5.74, 6) is 0.996. The van der Waals surface area contributed by atoms with Crippen LogP contribution in [-0.4, -0.2) is 19.1 Å². The first-order valence-electron chi connectivity index (χ1n) is 5.18. The summed E-state index contributed by atoms with van der Waals surface area (Å²) in [4.78, 5) is 13.5. The minimum atomic E-state index is 0.204. The van der Waals surface area contributed by atoms with Gasteiger partial charge in [0.1, 0.15) is 5.75 Å². The van der Waals surface area contributed by atoms with Crippen molar-refractivity contribution in [1.82, 2.24) is 0 Å². The van der Waals surface area contributed by atoms with Gasteiger partial charge in [0.2, 0.25) is 5.91 Å². The number of ether oxygens (including phenoxy) is 1. The first-order valence-corrected chi connectivity index (χ1v) is 5.18. The van der Waals surface area contributed by atoms with Gasteiger partial charge in [-0.3, -0.25) is 4.79 Å². The van der Waals surface area contributed by atoms with Crippen LogP contribution in [0, 0.1) is 0 Å². The number of hydrogen-bond donors (Lipinski definition) is 0. The molecule has 0 unspecified atom stereocenters. The fraction of sp³-hybridized carbons (Fsp3) is 0.417. The van der Waals surface area contributed by atoms with Gasteiger partial charge in [0.25, 0.3) is 0 Å². The van der Waals surface area contributed by atoms with Crippen LogP contribution in [0.2, 0.25) is 0 Å². The van der Waals surface area contributed by atoms with E-state index in [-0.39, 0.29) is 5.91 Å². The van der Waals surface area contributed by atoms with Crippen molar-refractivity contribution in [3.63, 3.8) is 0 Å². The predicted molar refractivity (Wildman–Crippen MR) is 59.2 cm³/mol. The molecule has 3 heteroatoms. The second-order valence-corrected chi connectivity index (χ2v) is 3.85. The summed E-state index contributed by atoms with van der Waals surface area (Å²) in [6, 6.07) is 7.94. The van der Waals surface area contributed by atoms with E-state index in [0.717, 1.165) is 17.9 Å². The molecule has 1 aliphatic heterocycles. The molecule has 3 nitrogen and oxygen atoms in total. The molecule has 0 aromatic heterocycles. The van der Waals surface area contributed by atoms with E-state index in [9.17, 15) is 4.79 Å². The number of benzene rings is 1. The molecular formula is C12H15NO2. The van der Waals surface area contributed by atoms with Gasteiger partial charge in [0.15, 0.2) is 0 Å². The number of nitrogens with zero attached hydrogens (tertiary/aromatic N) is 1. The molecule has 0 N–H and O–H groups in total. The summed E-state index contributed by atoms with van der Waals surface area (Å²) in [7, 11) is 1.63. The predicted octanol–water partition coefficient (Wildman–Crippen LogP) is 2.21. The SMILES string of the molecule is COc1cccc(N2C(=O)CC[C@H]2C)c1. The Morgan fingerprint density at radius 2 is 2.27 bits per heavy atom. The van der Waals surface area contributed by atoms with Gasteiger partial charge in [-0.15, -0.1) is 0 Å². The maximum Gasteiger partial charge on any atom is 0.227 e. The van der Waals surface area contributed by atoms with Gasteiger partial charge in [-0.1, -0.05) is 6.07 Å². The van der Waals surface area contributed by atoms with E-state index < -0.39 is 0 Å². The fourth-order valence-corrected chi connectivity index (χ4v) is 1.99. The third kappa shape index (κ3) is 1.82. The van der Waals surface area contributed by atoms with Crippen molar-refractivity contribution < 1.29 is 9.53 Å². The third-order valence-corrected chi connectivity index (χ3v) is 2.82. The lowest BCUT2D eigenvalue weighted by molar-refractivity contribution is -0.117. The number of methoxy groups -OCH3 is 1. The highest BCUT2D eigenvalue weighted by atomic mass is 16.5. The summed E-state index contributed by atoms with van der Waals surface area (Å²) >= 11 is 0. The number of rotatable bonds is 2. The summed E-state index contributed by atoms with van der Waals surface area (Å²) in [6.07, 6.45) is 1.59. The van der Waals surface area contributed by atoms with Crippen molar-refractivity contribution >= 4 is 11.6 Å². The van der Waals surface area contributed by atoms with Crippen molar-refractivity contribution in [1.29, 1.82) is 0 Å². The Morgan fingerprint density at radius 1 is 1.47 bits per heavy atom. The quantitative estimate of drug-likeness (QED) is 0.740. The highest BCUT2D eigenvalue weighted by molar-refractivity contribution is 5.96. The number of carbonyl (C=O) groups excluding carboxylic acids is 1. The highest BCUT2D eigenvalue weighted by Gasteiger charge is 2.28. The monoisotopic (exact) mass is 205 g/mol. The van der Waals surface area contributed by atoms with Crippen LogP contribution in [0.1, 0.15) is 19.8 Å². The Labute approximate surface area is 89.7 Å². The Balaban J connectivity index is 2.31. The maximum absolute atomic E-state index is 11.7. The zero-order chi connectivity index (χ0) is 10.8. The van der Waals surface area contributed by atoms with Crippen LogP contribution in [0.3, 0.4) is 0 Å². The van der Waals surface area contributed by atoms with E-state index in [1.807, 2.05) is 29.2 Å². The molecule has 1 amide bonds. The number of anilines is 1. The summed E-state index contributed by atoms with van der Waals surface area (Å²) in [5, 5.41) is 0. The molecule has 1 aromatic carbocycles. The van der Waals surface area contributed by atoms with Gasteiger partial charge in [-0.2, -0.15) is 0 Å². The minimum absolute atomic E-state index is 0.204. The van der Waals surface area contributed by atoms with Crippen molar-refractivity contribution in [3.8, 4) is 5.75 Å². The molecule has 0 bridgehead atoms. The molecule has 1 fully saturated rings. The normalized spacial score (nSPS) is 20.8. The van der Waals surface area contributed by atoms with Crippen LogP contribution in [0.15, 0.2) is 24.3 Å². The molecule has 1 heterocycles. The summed E-state index contributed by atoms with van der Waals surface area (Å²) in [6.45, 7) is 2.07. The smallest absolute Gasteiger partial charge is 0.227 e. The van der Waals surface area contributed by atoms with Crippen LogP contribution in [0.4, 0.5) is 5.69 Å². The molecule has 0 aliphatic carbocycles. The number of amides is 1. The third-order valence-electron chi connectivity index (χ3n) is 2.82. The maximum atomic E-state index is 11.7. The lowest BCUT2D eigenvalue weighted by atomic mass is 10.2. The van der Waals surface area contributed by atoms with Gasteiger partial charge in [-0.25, -0.2) is 0 Å². The zero-order valence-corrected chi connectivity index (χ0v) is 9.06. The molecular weight excluding hydrogens is 190 g/mol. The molecule has 1 aliphatic rings. The van der Waals surface area contributed by atoms with E-state index in [1.54, 1.807) is 7.11 Å². The van der Waals surface area contributed by atoms with E-state index >= 15 is 0 Å². The minimum Gasteiger partial charge on any atom is -0.497 e. The molecule has 1 aromatic rings. The first kappa shape index (κ1) is 10.0. The fourth-order valence-electron chi connectivity index (χ4n) is 1.99.